The van der Waals surface area contributed by atoms with Gasteiger partial charge >= 0.3 is 17.9 Å². The molecule has 0 radical (unpaired) electrons. The molecule has 1 aliphatic rings. The summed E-state index contributed by atoms with van der Waals surface area (Å²) < 4.78 is 0. The molecule has 24 heavy (non-hydrogen) atoms. The highest BCUT2D eigenvalue weighted by molar-refractivity contribution is 5.70. The molecule has 9 nitrogen and oxygen atoms in total. The van der Waals surface area contributed by atoms with Gasteiger partial charge in [0.1, 0.15) is 0 Å². The van der Waals surface area contributed by atoms with Gasteiger partial charge in [0.05, 0.1) is 19.6 Å². The molecule has 0 unspecified atom stereocenters. The van der Waals surface area contributed by atoms with Crippen LogP contribution in [0.2, 0.25) is 0 Å². The van der Waals surface area contributed by atoms with Crippen LogP contribution in [0.25, 0.3) is 0 Å². The van der Waals surface area contributed by atoms with Crippen molar-refractivity contribution >= 4 is 17.9 Å². The second kappa shape index (κ2) is 8.41. The van der Waals surface area contributed by atoms with Crippen molar-refractivity contribution < 1.29 is 29.7 Å². The van der Waals surface area contributed by atoms with Gasteiger partial charge in [0.15, 0.2) is 0 Å². The molecule has 0 saturated carbocycles. The lowest BCUT2D eigenvalue weighted by Crippen LogP contribution is -2.62. The summed E-state index contributed by atoms with van der Waals surface area (Å²) in [6, 6.07) is 0. The lowest BCUT2D eigenvalue weighted by molar-refractivity contribution is -0.143. The highest BCUT2D eigenvalue weighted by Crippen LogP contribution is 2.28. The second-order valence-electron chi connectivity index (χ2n) is 6.72. The summed E-state index contributed by atoms with van der Waals surface area (Å²) in [5.74, 6) is -2.88. The molecule has 9 heteroatoms. The van der Waals surface area contributed by atoms with E-state index in [2.05, 4.69) is 0 Å². The highest BCUT2D eigenvalue weighted by Gasteiger charge is 2.43. The molecular formula is C15H27N3O6. The molecular weight excluding hydrogens is 318 g/mol. The van der Waals surface area contributed by atoms with Crippen molar-refractivity contribution in [3.8, 4) is 0 Å². The molecule has 1 fully saturated rings. The van der Waals surface area contributed by atoms with Crippen molar-refractivity contribution in [2.45, 2.75) is 19.4 Å². The predicted octanol–water partition coefficient (Wildman–Crippen LogP) is -0.816. The molecule has 1 rings (SSSR count). The molecule has 1 saturated heterocycles. The number of carboxylic acids is 3. The first-order valence-electron chi connectivity index (χ1n) is 7.88. The van der Waals surface area contributed by atoms with Gasteiger partial charge in [-0.25, -0.2) is 0 Å². The summed E-state index contributed by atoms with van der Waals surface area (Å²) in [4.78, 5) is 38.6. The van der Waals surface area contributed by atoms with Crippen LogP contribution in [-0.2, 0) is 14.4 Å². The van der Waals surface area contributed by atoms with Gasteiger partial charge in [-0.05, 0) is 13.0 Å². The lowest BCUT2D eigenvalue weighted by atomic mass is 9.83. The van der Waals surface area contributed by atoms with Gasteiger partial charge < -0.3 is 15.3 Å². The summed E-state index contributed by atoms with van der Waals surface area (Å²) in [5, 5.41) is 27.4. The van der Waals surface area contributed by atoms with Crippen molar-refractivity contribution in [1.29, 1.82) is 0 Å². The van der Waals surface area contributed by atoms with Crippen LogP contribution in [0.5, 0.6) is 0 Å². The van der Waals surface area contributed by atoms with Gasteiger partial charge in [-0.15, -0.1) is 0 Å². The topological polar surface area (TPSA) is 122 Å². The van der Waals surface area contributed by atoms with Gasteiger partial charge in [-0.1, -0.05) is 13.8 Å². The van der Waals surface area contributed by atoms with Crippen LogP contribution in [0.4, 0.5) is 0 Å². The van der Waals surface area contributed by atoms with Crippen molar-refractivity contribution in [2.75, 3.05) is 52.9 Å². The molecule has 1 heterocycles. The van der Waals surface area contributed by atoms with E-state index in [1.165, 1.54) is 0 Å². The maximum Gasteiger partial charge on any atom is 0.317 e. The van der Waals surface area contributed by atoms with Crippen molar-refractivity contribution in [3.63, 3.8) is 0 Å². The maximum absolute atomic E-state index is 11.2. The summed E-state index contributed by atoms with van der Waals surface area (Å²) in [6.45, 7) is 4.98. The fourth-order valence-electron chi connectivity index (χ4n) is 3.33. The molecule has 0 atom stereocenters. The maximum atomic E-state index is 11.2. The number of likely N-dealkylation sites (N-methyl/N-ethyl adjacent to an activating group) is 1. The van der Waals surface area contributed by atoms with Crippen molar-refractivity contribution in [2.24, 2.45) is 5.92 Å². The average molecular weight is 345 g/mol. The van der Waals surface area contributed by atoms with Crippen LogP contribution in [0.1, 0.15) is 13.8 Å². The van der Waals surface area contributed by atoms with E-state index in [9.17, 15) is 14.4 Å². The Morgan fingerprint density at radius 1 is 0.958 bits per heavy atom. The van der Waals surface area contributed by atoms with Gasteiger partial charge in [-0.3, -0.25) is 29.1 Å². The summed E-state index contributed by atoms with van der Waals surface area (Å²) in [7, 11) is 1.69. The second-order valence-corrected chi connectivity index (χ2v) is 6.72. The Morgan fingerprint density at radius 2 is 1.38 bits per heavy atom. The minimum Gasteiger partial charge on any atom is -0.480 e. The monoisotopic (exact) mass is 345 g/mol. The van der Waals surface area contributed by atoms with Crippen molar-refractivity contribution in [1.82, 2.24) is 14.7 Å². The molecule has 3 N–H and O–H groups in total. The molecule has 0 amide bonds. The number of hydrogen-bond acceptors (Lipinski definition) is 6. The van der Waals surface area contributed by atoms with E-state index in [1.54, 1.807) is 21.7 Å². The quantitative estimate of drug-likeness (QED) is 0.518. The molecule has 0 bridgehead atoms. The first-order chi connectivity index (χ1) is 11.1. The molecule has 0 aliphatic carbocycles. The number of hydrogen-bond donors (Lipinski definition) is 3. The first-order valence-corrected chi connectivity index (χ1v) is 7.88. The molecule has 0 aromatic carbocycles. The fourth-order valence-corrected chi connectivity index (χ4v) is 3.33. The van der Waals surface area contributed by atoms with Crippen LogP contribution >= 0.6 is 0 Å². The third-order valence-electron chi connectivity index (χ3n) is 4.65. The van der Waals surface area contributed by atoms with Crippen molar-refractivity contribution in [3.05, 3.63) is 0 Å². The van der Waals surface area contributed by atoms with Crippen LogP contribution in [0.3, 0.4) is 0 Å². The van der Waals surface area contributed by atoms with Crippen LogP contribution in [0.15, 0.2) is 0 Å². The minimum absolute atomic E-state index is 0.00698. The van der Waals surface area contributed by atoms with Gasteiger partial charge in [-0.2, -0.15) is 0 Å². The standard InChI is InChI=1S/C15H27N3O6/c1-11(2)15(16(3)6-12(19)20)9-17(7-13(21)22)4-5-18(10-15)8-14(23)24/h11H,4-10H2,1-3H3,(H,19,20)(H,21,22)(H,23,24). The average Bonchev–Trinajstić information content (AvgIpc) is 2.57. The third-order valence-corrected chi connectivity index (χ3v) is 4.65. The van der Waals surface area contributed by atoms with E-state index in [-0.39, 0.29) is 25.6 Å². The Labute approximate surface area is 141 Å². The predicted molar refractivity (Wildman–Crippen MR) is 86.0 cm³/mol. The Balaban J connectivity index is 3.16. The zero-order chi connectivity index (χ0) is 18.5. The van der Waals surface area contributed by atoms with E-state index in [0.717, 1.165) is 0 Å². The smallest absolute Gasteiger partial charge is 0.317 e. The van der Waals surface area contributed by atoms with Crippen LogP contribution < -0.4 is 0 Å². The highest BCUT2D eigenvalue weighted by atomic mass is 16.4. The molecule has 0 aromatic rings. The van der Waals surface area contributed by atoms with Gasteiger partial charge in [0.2, 0.25) is 0 Å². The molecule has 0 spiro atoms. The number of nitrogens with zero attached hydrogens (tertiary/aromatic N) is 3. The van der Waals surface area contributed by atoms with E-state index in [0.29, 0.717) is 26.2 Å². The van der Waals surface area contributed by atoms with E-state index < -0.39 is 23.4 Å². The number of rotatable bonds is 8. The van der Waals surface area contributed by atoms with Gasteiger partial charge in [0.25, 0.3) is 0 Å². The molecule has 1 aliphatic heterocycles. The third kappa shape index (κ3) is 5.43. The number of carbonyl (C=O) groups is 3. The van der Waals surface area contributed by atoms with Crippen LogP contribution in [-0.4, -0.2) is 106 Å². The van der Waals surface area contributed by atoms with E-state index in [4.69, 9.17) is 15.3 Å². The zero-order valence-electron chi connectivity index (χ0n) is 14.4. The lowest BCUT2D eigenvalue weighted by Gasteiger charge is -2.47. The SMILES string of the molecule is CC(C)C1(N(C)CC(=O)O)CN(CC(=O)O)CCN(CC(=O)O)C1. The molecule has 0 aromatic heterocycles. The largest absolute Gasteiger partial charge is 0.480 e. The van der Waals surface area contributed by atoms with E-state index >= 15 is 0 Å². The van der Waals surface area contributed by atoms with E-state index in [1.807, 2.05) is 13.8 Å². The summed E-state index contributed by atoms with van der Waals surface area (Å²) in [5.41, 5.74) is -0.653. The van der Waals surface area contributed by atoms with Crippen LogP contribution in [0, 0.1) is 5.92 Å². The Hall–Kier alpha value is -1.71. The number of aliphatic carboxylic acids is 3. The normalized spacial score (nSPS) is 19.4. The first kappa shape index (κ1) is 20.3. The molecule has 138 valence electrons. The Morgan fingerprint density at radius 3 is 1.67 bits per heavy atom. The zero-order valence-corrected chi connectivity index (χ0v) is 14.4. The Kier molecular flexibility index (Phi) is 7.12. The van der Waals surface area contributed by atoms with Gasteiger partial charge in [0, 0.05) is 31.7 Å². The number of carboxylic acid groups (broad SMARTS) is 3. The summed E-state index contributed by atoms with van der Waals surface area (Å²) >= 11 is 0. The minimum atomic E-state index is -0.976. The summed E-state index contributed by atoms with van der Waals surface area (Å²) in [6.07, 6.45) is 0. The fraction of sp³-hybridized carbons (Fsp3) is 0.800. The Bertz CT molecular complexity index is 456.